The summed E-state index contributed by atoms with van der Waals surface area (Å²) in [5.41, 5.74) is 0. The summed E-state index contributed by atoms with van der Waals surface area (Å²) < 4.78 is 0. The molecule has 0 spiro atoms. The van der Waals surface area contributed by atoms with Crippen LogP contribution in [0.25, 0.3) is 0 Å². The highest BCUT2D eigenvalue weighted by atomic mass is 15.1. The molecule has 1 nitrogen and oxygen atoms in total. The second kappa shape index (κ2) is 13.0. The third-order valence-corrected chi connectivity index (χ3v) is 2.29. The average Bonchev–Trinajstić information content (AvgIpc) is 2.20. The van der Waals surface area contributed by atoms with Crippen LogP contribution in [0, 0.1) is 0 Å². The predicted octanol–water partition coefficient (Wildman–Crippen LogP) is 4.32. The first-order valence-electron chi connectivity index (χ1n) is 6.46. The Labute approximate surface area is 91.9 Å². The fraction of sp³-hybridized carbons (Fsp3) is 1.00. The van der Waals surface area contributed by atoms with E-state index in [1.165, 1.54) is 38.8 Å². The normalized spacial score (nSPS) is 10.3. The van der Waals surface area contributed by atoms with E-state index in [-0.39, 0.29) is 0 Å². The second-order valence-corrected chi connectivity index (χ2v) is 3.84. The van der Waals surface area contributed by atoms with Crippen LogP contribution < -0.4 is 0 Å². The minimum absolute atomic E-state index is 0.724. The molecule has 14 heavy (non-hydrogen) atoms. The van der Waals surface area contributed by atoms with E-state index in [0.717, 1.165) is 6.04 Å². The highest BCUT2D eigenvalue weighted by Crippen LogP contribution is 2.03. The highest BCUT2D eigenvalue weighted by molar-refractivity contribution is 4.61. The van der Waals surface area contributed by atoms with E-state index in [2.05, 4.69) is 32.6 Å². The van der Waals surface area contributed by atoms with Crippen LogP contribution in [0.3, 0.4) is 0 Å². The SMILES string of the molecule is CC.CCCCCN(CCC)C(C)C. The van der Waals surface area contributed by atoms with E-state index >= 15 is 0 Å². The van der Waals surface area contributed by atoms with Crippen molar-refractivity contribution in [3.05, 3.63) is 0 Å². The molecule has 0 aromatic heterocycles. The lowest BCUT2D eigenvalue weighted by molar-refractivity contribution is 0.217. The monoisotopic (exact) mass is 201 g/mol. The summed E-state index contributed by atoms with van der Waals surface area (Å²) in [6.07, 6.45) is 5.37. The van der Waals surface area contributed by atoms with Crippen molar-refractivity contribution >= 4 is 0 Å². The summed E-state index contributed by atoms with van der Waals surface area (Å²) in [5, 5.41) is 0. The summed E-state index contributed by atoms with van der Waals surface area (Å²) >= 11 is 0. The Kier molecular flexibility index (Phi) is 15.2. The van der Waals surface area contributed by atoms with Crippen LogP contribution in [-0.4, -0.2) is 24.0 Å². The van der Waals surface area contributed by atoms with E-state index in [1.807, 2.05) is 13.8 Å². The third-order valence-electron chi connectivity index (χ3n) is 2.29. The molecule has 0 amide bonds. The molecular weight excluding hydrogens is 170 g/mol. The summed E-state index contributed by atoms with van der Waals surface area (Å²) in [7, 11) is 0. The van der Waals surface area contributed by atoms with Crippen molar-refractivity contribution in [2.45, 2.75) is 73.3 Å². The zero-order valence-electron chi connectivity index (χ0n) is 11.3. The maximum atomic E-state index is 2.58. The van der Waals surface area contributed by atoms with Gasteiger partial charge in [-0.25, -0.2) is 0 Å². The van der Waals surface area contributed by atoms with Gasteiger partial charge in [-0.3, -0.25) is 0 Å². The van der Waals surface area contributed by atoms with Crippen LogP contribution in [-0.2, 0) is 0 Å². The molecule has 0 heterocycles. The molecule has 88 valence electrons. The van der Waals surface area contributed by atoms with Gasteiger partial charge in [0.25, 0.3) is 0 Å². The van der Waals surface area contributed by atoms with Gasteiger partial charge in [-0.1, -0.05) is 40.5 Å². The number of hydrogen-bond acceptors (Lipinski definition) is 1. The van der Waals surface area contributed by atoms with Gasteiger partial charge in [0.05, 0.1) is 0 Å². The standard InChI is InChI=1S/C11H25N.C2H6/c1-5-7-8-10-12(9-6-2)11(3)4;1-2/h11H,5-10H2,1-4H3;1-2H3. The lowest BCUT2D eigenvalue weighted by atomic mass is 10.2. The van der Waals surface area contributed by atoms with E-state index in [0.29, 0.717) is 0 Å². The molecule has 0 aromatic carbocycles. The molecule has 0 bridgehead atoms. The van der Waals surface area contributed by atoms with E-state index < -0.39 is 0 Å². The number of hydrogen-bond donors (Lipinski definition) is 0. The Hall–Kier alpha value is -0.0400. The van der Waals surface area contributed by atoms with Gasteiger partial charge in [-0.05, 0) is 39.8 Å². The molecule has 1 heteroatoms. The van der Waals surface area contributed by atoms with Gasteiger partial charge in [0, 0.05) is 6.04 Å². The largest absolute Gasteiger partial charge is 0.301 e. The Balaban J connectivity index is 0. The van der Waals surface area contributed by atoms with Crippen LogP contribution >= 0.6 is 0 Å². The lowest BCUT2D eigenvalue weighted by Gasteiger charge is -2.25. The van der Waals surface area contributed by atoms with Crippen LogP contribution in [0.2, 0.25) is 0 Å². The van der Waals surface area contributed by atoms with Crippen molar-refractivity contribution < 1.29 is 0 Å². The molecule has 0 aliphatic carbocycles. The first-order chi connectivity index (χ1) is 6.72. The quantitative estimate of drug-likeness (QED) is 0.554. The van der Waals surface area contributed by atoms with Crippen molar-refractivity contribution in [2.24, 2.45) is 0 Å². The fourth-order valence-electron chi connectivity index (χ4n) is 1.48. The molecule has 0 unspecified atom stereocenters. The van der Waals surface area contributed by atoms with Gasteiger partial charge in [0.1, 0.15) is 0 Å². The van der Waals surface area contributed by atoms with Gasteiger partial charge in [-0.15, -0.1) is 0 Å². The summed E-state index contributed by atoms with van der Waals surface area (Å²) in [6.45, 7) is 15.7. The van der Waals surface area contributed by atoms with Crippen molar-refractivity contribution in [1.29, 1.82) is 0 Å². The van der Waals surface area contributed by atoms with E-state index in [9.17, 15) is 0 Å². The topological polar surface area (TPSA) is 3.24 Å². The highest BCUT2D eigenvalue weighted by Gasteiger charge is 2.06. The molecule has 0 radical (unpaired) electrons. The van der Waals surface area contributed by atoms with Crippen LogP contribution in [0.15, 0.2) is 0 Å². The van der Waals surface area contributed by atoms with Crippen molar-refractivity contribution in [3.8, 4) is 0 Å². The maximum Gasteiger partial charge on any atom is 0.00385 e. The first-order valence-corrected chi connectivity index (χ1v) is 6.46. The fourth-order valence-corrected chi connectivity index (χ4v) is 1.48. The number of unbranched alkanes of at least 4 members (excludes halogenated alkanes) is 2. The van der Waals surface area contributed by atoms with Crippen molar-refractivity contribution in [1.82, 2.24) is 4.90 Å². The molecule has 0 saturated carbocycles. The zero-order valence-corrected chi connectivity index (χ0v) is 11.3. The van der Waals surface area contributed by atoms with Crippen LogP contribution in [0.4, 0.5) is 0 Å². The lowest BCUT2D eigenvalue weighted by Crippen LogP contribution is -2.32. The molecular formula is C13H31N. The van der Waals surface area contributed by atoms with Crippen LogP contribution in [0.5, 0.6) is 0 Å². The molecule has 0 aliphatic heterocycles. The van der Waals surface area contributed by atoms with Crippen LogP contribution in [0.1, 0.15) is 67.2 Å². The molecule has 0 aromatic rings. The second-order valence-electron chi connectivity index (χ2n) is 3.84. The van der Waals surface area contributed by atoms with Gasteiger partial charge in [-0.2, -0.15) is 0 Å². The van der Waals surface area contributed by atoms with Crippen molar-refractivity contribution in [2.75, 3.05) is 13.1 Å². The molecule has 0 saturated heterocycles. The average molecular weight is 201 g/mol. The van der Waals surface area contributed by atoms with E-state index in [4.69, 9.17) is 0 Å². The Morgan fingerprint density at radius 3 is 1.79 bits per heavy atom. The third kappa shape index (κ3) is 10.0. The van der Waals surface area contributed by atoms with Gasteiger partial charge in [0.2, 0.25) is 0 Å². The number of rotatable bonds is 7. The Morgan fingerprint density at radius 2 is 1.43 bits per heavy atom. The van der Waals surface area contributed by atoms with Crippen molar-refractivity contribution in [3.63, 3.8) is 0 Å². The van der Waals surface area contributed by atoms with Gasteiger partial charge < -0.3 is 4.90 Å². The van der Waals surface area contributed by atoms with Gasteiger partial charge >= 0.3 is 0 Å². The molecule has 0 aliphatic rings. The first kappa shape index (κ1) is 16.4. The Morgan fingerprint density at radius 1 is 0.857 bits per heavy atom. The van der Waals surface area contributed by atoms with E-state index in [1.54, 1.807) is 0 Å². The maximum absolute atomic E-state index is 2.58. The summed E-state index contributed by atoms with van der Waals surface area (Å²) in [4.78, 5) is 2.58. The summed E-state index contributed by atoms with van der Waals surface area (Å²) in [6, 6.07) is 0.724. The molecule has 0 atom stereocenters. The smallest absolute Gasteiger partial charge is 0.00385 e. The number of nitrogens with zero attached hydrogens (tertiary/aromatic N) is 1. The molecule has 0 N–H and O–H groups in total. The minimum atomic E-state index is 0.724. The molecule has 0 fully saturated rings. The summed E-state index contributed by atoms with van der Waals surface area (Å²) in [5.74, 6) is 0. The minimum Gasteiger partial charge on any atom is -0.301 e. The van der Waals surface area contributed by atoms with Gasteiger partial charge in [0.15, 0.2) is 0 Å². The molecule has 0 rings (SSSR count). The Bertz CT molecular complexity index is 89.2. The predicted molar refractivity (Wildman–Crippen MR) is 67.9 cm³/mol. The zero-order chi connectivity index (χ0) is 11.4.